The summed E-state index contributed by atoms with van der Waals surface area (Å²) in [5.41, 5.74) is 0.227. The molecule has 1 fully saturated rings. The average molecular weight is 358 g/mol. The number of carbonyl (C=O) groups is 1. The van der Waals surface area contributed by atoms with E-state index in [2.05, 4.69) is 31.5 Å². The highest BCUT2D eigenvalue weighted by molar-refractivity contribution is 9.10. The van der Waals surface area contributed by atoms with Gasteiger partial charge >= 0.3 is 0 Å². The summed E-state index contributed by atoms with van der Waals surface area (Å²) in [5.74, 6) is -0.595. The normalized spacial score (nSPS) is 19.5. The van der Waals surface area contributed by atoms with Gasteiger partial charge in [0.15, 0.2) is 0 Å². The highest BCUT2D eigenvalue weighted by atomic mass is 79.9. The van der Waals surface area contributed by atoms with Gasteiger partial charge in [0, 0.05) is 17.1 Å². The lowest BCUT2D eigenvalue weighted by molar-refractivity contribution is -0.118. The van der Waals surface area contributed by atoms with Gasteiger partial charge in [-0.1, -0.05) is 22.4 Å². The van der Waals surface area contributed by atoms with Gasteiger partial charge in [0.1, 0.15) is 5.82 Å². The fourth-order valence-electron chi connectivity index (χ4n) is 2.70. The Morgan fingerprint density at radius 3 is 3.00 bits per heavy atom. The van der Waals surface area contributed by atoms with E-state index in [1.807, 2.05) is 7.05 Å². The van der Waals surface area contributed by atoms with Gasteiger partial charge in [0.05, 0.1) is 12.2 Å². The van der Waals surface area contributed by atoms with E-state index < -0.39 is 5.82 Å². The molecule has 1 aliphatic heterocycles. The van der Waals surface area contributed by atoms with E-state index in [9.17, 15) is 9.18 Å². The molecule has 0 bridgehead atoms. The van der Waals surface area contributed by atoms with Crippen molar-refractivity contribution in [2.75, 3.05) is 32.0 Å². The summed E-state index contributed by atoms with van der Waals surface area (Å²) >= 11 is 3.20. The summed E-state index contributed by atoms with van der Waals surface area (Å²) in [4.78, 5) is 14.3. The number of nitrogens with zero attached hydrogens (tertiary/aromatic N) is 1. The molecule has 0 spiro atoms. The number of nitrogens with one attached hydrogen (secondary N) is 2. The molecule has 21 heavy (non-hydrogen) atoms. The van der Waals surface area contributed by atoms with Crippen molar-refractivity contribution in [2.45, 2.75) is 25.3 Å². The summed E-state index contributed by atoms with van der Waals surface area (Å²) in [6.07, 6.45) is 3.41. The predicted molar refractivity (Wildman–Crippen MR) is 85.9 cm³/mol. The molecule has 2 N–H and O–H groups in total. The molecule has 6 heteroatoms. The number of carbonyl (C=O) groups excluding carboxylic acids is 1. The standard InChI is InChI=1S/C15H21BrFN3O/c1-18-9-12-4-2-3-7-20(12)10-15(21)19-14-6-5-11(16)8-13(14)17/h5-6,8,12,18H,2-4,7,9-10H2,1H3,(H,19,21). The van der Waals surface area contributed by atoms with Crippen LogP contribution in [0.25, 0.3) is 0 Å². The van der Waals surface area contributed by atoms with Crippen molar-refractivity contribution in [3.05, 3.63) is 28.5 Å². The Kier molecular flexibility index (Phi) is 6.14. The van der Waals surface area contributed by atoms with E-state index in [0.29, 0.717) is 17.1 Å². The maximum Gasteiger partial charge on any atom is 0.238 e. The van der Waals surface area contributed by atoms with E-state index in [0.717, 1.165) is 25.9 Å². The first-order valence-corrected chi connectivity index (χ1v) is 8.03. The number of amides is 1. The van der Waals surface area contributed by atoms with Gasteiger partial charge < -0.3 is 10.6 Å². The first-order chi connectivity index (χ1) is 10.1. The Morgan fingerprint density at radius 1 is 1.48 bits per heavy atom. The summed E-state index contributed by atoms with van der Waals surface area (Å²) in [6, 6.07) is 5.01. The Labute approximate surface area is 133 Å². The molecule has 0 saturated carbocycles. The molecular weight excluding hydrogens is 337 g/mol. The predicted octanol–water partition coefficient (Wildman–Crippen LogP) is 2.60. The van der Waals surface area contributed by atoms with Gasteiger partial charge in [0.2, 0.25) is 5.91 Å². The van der Waals surface area contributed by atoms with Crippen LogP contribution in [-0.2, 0) is 4.79 Å². The van der Waals surface area contributed by atoms with Crippen molar-refractivity contribution >= 4 is 27.5 Å². The van der Waals surface area contributed by atoms with Crippen LogP contribution < -0.4 is 10.6 Å². The largest absolute Gasteiger partial charge is 0.322 e. The number of benzene rings is 1. The van der Waals surface area contributed by atoms with E-state index in [-0.39, 0.29) is 11.6 Å². The van der Waals surface area contributed by atoms with Crippen molar-refractivity contribution < 1.29 is 9.18 Å². The molecule has 0 radical (unpaired) electrons. The molecule has 1 aromatic rings. The lowest BCUT2D eigenvalue weighted by atomic mass is 10.0. The van der Waals surface area contributed by atoms with E-state index in [1.54, 1.807) is 12.1 Å². The van der Waals surface area contributed by atoms with Gasteiger partial charge in [-0.25, -0.2) is 4.39 Å². The lowest BCUT2D eigenvalue weighted by Crippen LogP contribution is -2.47. The molecule has 0 aliphatic carbocycles. The summed E-state index contributed by atoms with van der Waals surface area (Å²) in [7, 11) is 1.92. The summed E-state index contributed by atoms with van der Waals surface area (Å²) in [5, 5.41) is 5.82. The Hall–Kier alpha value is -0.980. The molecular formula is C15H21BrFN3O. The van der Waals surface area contributed by atoms with Crippen molar-refractivity contribution in [3.63, 3.8) is 0 Å². The molecule has 2 rings (SSSR count). The summed E-state index contributed by atoms with van der Waals surface area (Å²) < 4.78 is 14.4. The smallest absolute Gasteiger partial charge is 0.238 e. The van der Waals surface area contributed by atoms with E-state index >= 15 is 0 Å². The number of piperidine rings is 1. The number of hydrogen-bond acceptors (Lipinski definition) is 3. The number of likely N-dealkylation sites (tertiary alicyclic amines) is 1. The monoisotopic (exact) mass is 357 g/mol. The number of halogens is 2. The number of likely N-dealkylation sites (N-methyl/N-ethyl adjacent to an activating group) is 1. The van der Waals surface area contributed by atoms with Crippen LogP contribution >= 0.6 is 15.9 Å². The topological polar surface area (TPSA) is 44.4 Å². The zero-order chi connectivity index (χ0) is 15.2. The molecule has 1 unspecified atom stereocenters. The van der Waals surface area contributed by atoms with Gasteiger partial charge in [-0.05, 0) is 44.6 Å². The second-order valence-electron chi connectivity index (χ2n) is 5.35. The molecule has 4 nitrogen and oxygen atoms in total. The molecule has 116 valence electrons. The highest BCUT2D eigenvalue weighted by Crippen LogP contribution is 2.20. The van der Waals surface area contributed by atoms with E-state index in [1.165, 1.54) is 12.5 Å². The minimum Gasteiger partial charge on any atom is -0.322 e. The molecule has 1 aromatic carbocycles. The molecule has 0 aromatic heterocycles. The molecule has 1 atom stereocenters. The van der Waals surface area contributed by atoms with Gasteiger partial charge in [0.25, 0.3) is 0 Å². The second kappa shape index (κ2) is 7.87. The quantitative estimate of drug-likeness (QED) is 0.851. The first-order valence-electron chi connectivity index (χ1n) is 7.23. The minimum absolute atomic E-state index is 0.167. The van der Waals surface area contributed by atoms with Crippen molar-refractivity contribution in [2.24, 2.45) is 0 Å². The van der Waals surface area contributed by atoms with Crippen LogP contribution in [0.5, 0.6) is 0 Å². The molecule has 1 saturated heterocycles. The summed E-state index contributed by atoms with van der Waals surface area (Å²) in [6.45, 7) is 2.10. The Bertz CT molecular complexity index is 496. The third-order valence-electron chi connectivity index (χ3n) is 3.74. The van der Waals surface area contributed by atoms with Gasteiger partial charge in [-0.3, -0.25) is 9.69 Å². The lowest BCUT2D eigenvalue weighted by Gasteiger charge is -2.35. The van der Waals surface area contributed by atoms with Crippen molar-refractivity contribution in [3.8, 4) is 0 Å². The third-order valence-corrected chi connectivity index (χ3v) is 4.23. The van der Waals surface area contributed by atoms with Crippen LogP contribution in [0.2, 0.25) is 0 Å². The SMILES string of the molecule is CNCC1CCCCN1CC(=O)Nc1ccc(Br)cc1F. The maximum atomic E-state index is 13.7. The van der Waals surface area contributed by atoms with Crippen LogP contribution in [0.4, 0.5) is 10.1 Å². The van der Waals surface area contributed by atoms with Crippen LogP contribution in [0.15, 0.2) is 22.7 Å². The molecule has 1 aliphatic rings. The number of anilines is 1. The Balaban J connectivity index is 1.93. The Morgan fingerprint density at radius 2 is 2.29 bits per heavy atom. The van der Waals surface area contributed by atoms with Crippen molar-refractivity contribution in [1.29, 1.82) is 0 Å². The minimum atomic E-state index is -0.428. The molecule has 1 heterocycles. The number of hydrogen-bond donors (Lipinski definition) is 2. The fraction of sp³-hybridized carbons (Fsp3) is 0.533. The van der Waals surface area contributed by atoms with E-state index in [4.69, 9.17) is 0 Å². The molecule has 1 amide bonds. The maximum absolute atomic E-state index is 13.7. The highest BCUT2D eigenvalue weighted by Gasteiger charge is 2.23. The third kappa shape index (κ3) is 4.76. The fourth-order valence-corrected chi connectivity index (χ4v) is 3.03. The van der Waals surface area contributed by atoms with Crippen molar-refractivity contribution in [1.82, 2.24) is 10.2 Å². The van der Waals surface area contributed by atoms with Crippen LogP contribution in [-0.4, -0.2) is 43.5 Å². The number of rotatable bonds is 5. The zero-order valence-electron chi connectivity index (χ0n) is 12.2. The van der Waals surface area contributed by atoms with Crippen LogP contribution in [0, 0.1) is 5.82 Å². The van der Waals surface area contributed by atoms with Crippen LogP contribution in [0.3, 0.4) is 0 Å². The van der Waals surface area contributed by atoms with Crippen LogP contribution in [0.1, 0.15) is 19.3 Å². The average Bonchev–Trinajstić information content (AvgIpc) is 2.44. The first kappa shape index (κ1) is 16.4. The second-order valence-corrected chi connectivity index (χ2v) is 6.27. The van der Waals surface area contributed by atoms with Gasteiger partial charge in [-0.15, -0.1) is 0 Å². The van der Waals surface area contributed by atoms with Gasteiger partial charge in [-0.2, -0.15) is 0 Å². The zero-order valence-corrected chi connectivity index (χ0v) is 13.7.